The minimum atomic E-state index is -3.25. The van der Waals surface area contributed by atoms with Crippen LogP contribution in [0.4, 0.5) is 5.69 Å². The normalized spacial score (nSPS) is 19.0. The number of ether oxygens (including phenoxy) is 1. The van der Waals surface area contributed by atoms with E-state index in [0.717, 1.165) is 5.75 Å². The molecule has 7 heteroatoms. The molecule has 134 valence electrons. The summed E-state index contributed by atoms with van der Waals surface area (Å²) in [7, 11) is -3.25. The van der Waals surface area contributed by atoms with Crippen molar-refractivity contribution in [3.05, 3.63) is 24.3 Å². The van der Waals surface area contributed by atoms with Crippen molar-refractivity contribution in [3.63, 3.8) is 0 Å². The average Bonchev–Trinajstić information content (AvgIpc) is 2.57. The zero-order valence-corrected chi connectivity index (χ0v) is 15.1. The monoisotopic (exact) mass is 354 g/mol. The summed E-state index contributed by atoms with van der Waals surface area (Å²) >= 11 is 0. The van der Waals surface area contributed by atoms with E-state index in [1.54, 1.807) is 24.3 Å². The number of hydrogen-bond donors (Lipinski definition) is 1. The average molecular weight is 354 g/mol. The summed E-state index contributed by atoms with van der Waals surface area (Å²) in [6.45, 7) is 5.13. The molecule has 1 aliphatic rings. The SMILES string of the molecule is CCCS(=O)(=O)N1CCCC(C(=O)Nc2ccc(OCC)cc2)C1. The van der Waals surface area contributed by atoms with Gasteiger partial charge in [0.15, 0.2) is 0 Å². The number of hydrogen-bond acceptors (Lipinski definition) is 4. The Kier molecular flexibility index (Phi) is 6.62. The molecule has 0 radical (unpaired) electrons. The van der Waals surface area contributed by atoms with Crippen LogP contribution in [-0.2, 0) is 14.8 Å². The summed E-state index contributed by atoms with van der Waals surface area (Å²) in [5.74, 6) is 0.456. The number of sulfonamides is 1. The zero-order chi connectivity index (χ0) is 17.6. The maximum Gasteiger partial charge on any atom is 0.228 e. The molecule has 1 atom stereocenters. The van der Waals surface area contributed by atoms with E-state index in [9.17, 15) is 13.2 Å². The van der Waals surface area contributed by atoms with Crippen LogP contribution in [0.2, 0.25) is 0 Å². The van der Waals surface area contributed by atoms with Gasteiger partial charge >= 0.3 is 0 Å². The molecule has 1 amide bonds. The maximum absolute atomic E-state index is 12.4. The highest BCUT2D eigenvalue weighted by Crippen LogP contribution is 2.22. The van der Waals surface area contributed by atoms with Crippen LogP contribution in [0.3, 0.4) is 0 Å². The van der Waals surface area contributed by atoms with Gasteiger partial charge in [-0.3, -0.25) is 4.79 Å². The van der Waals surface area contributed by atoms with Gasteiger partial charge in [-0.25, -0.2) is 12.7 Å². The van der Waals surface area contributed by atoms with Crippen molar-refractivity contribution >= 4 is 21.6 Å². The predicted molar refractivity (Wildman–Crippen MR) is 94.6 cm³/mol. The van der Waals surface area contributed by atoms with E-state index in [0.29, 0.717) is 38.1 Å². The second-order valence-corrected chi connectivity index (χ2v) is 8.05. The van der Waals surface area contributed by atoms with Crippen molar-refractivity contribution in [1.29, 1.82) is 0 Å². The zero-order valence-electron chi connectivity index (χ0n) is 14.3. The molecular weight excluding hydrogens is 328 g/mol. The van der Waals surface area contributed by atoms with E-state index in [1.807, 2.05) is 13.8 Å². The first kappa shape index (κ1) is 18.7. The maximum atomic E-state index is 12.4. The number of carbonyl (C=O) groups excluding carboxylic acids is 1. The van der Waals surface area contributed by atoms with Crippen LogP contribution in [-0.4, -0.2) is 44.1 Å². The second-order valence-electron chi connectivity index (χ2n) is 5.96. The lowest BCUT2D eigenvalue weighted by Crippen LogP contribution is -2.44. The fourth-order valence-corrected chi connectivity index (χ4v) is 4.43. The summed E-state index contributed by atoms with van der Waals surface area (Å²) in [6, 6.07) is 7.19. The van der Waals surface area contributed by atoms with Crippen molar-refractivity contribution in [2.75, 3.05) is 30.8 Å². The minimum absolute atomic E-state index is 0.129. The van der Waals surface area contributed by atoms with E-state index in [4.69, 9.17) is 4.74 Å². The Balaban J connectivity index is 1.96. The molecule has 1 aromatic carbocycles. The Morgan fingerprint density at radius 2 is 2.00 bits per heavy atom. The standard InChI is InChI=1S/C17H26N2O4S/c1-3-12-24(21,22)19-11-5-6-14(13-19)17(20)18-15-7-9-16(10-8-15)23-4-2/h7-10,14H,3-6,11-13H2,1-2H3,(H,18,20). The third kappa shape index (κ3) is 4.95. The van der Waals surface area contributed by atoms with Crippen molar-refractivity contribution < 1.29 is 17.9 Å². The highest BCUT2D eigenvalue weighted by Gasteiger charge is 2.31. The number of carbonyl (C=O) groups is 1. The summed E-state index contributed by atoms with van der Waals surface area (Å²) in [5, 5.41) is 2.87. The van der Waals surface area contributed by atoms with E-state index in [2.05, 4.69) is 5.32 Å². The van der Waals surface area contributed by atoms with Crippen molar-refractivity contribution in [1.82, 2.24) is 4.31 Å². The molecule has 0 bridgehead atoms. The van der Waals surface area contributed by atoms with Crippen LogP contribution in [0.25, 0.3) is 0 Å². The van der Waals surface area contributed by atoms with Crippen molar-refractivity contribution in [2.24, 2.45) is 5.92 Å². The minimum Gasteiger partial charge on any atom is -0.494 e. The van der Waals surface area contributed by atoms with Gasteiger partial charge in [0, 0.05) is 18.8 Å². The van der Waals surface area contributed by atoms with Gasteiger partial charge in [0.05, 0.1) is 18.3 Å². The highest BCUT2D eigenvalue weighted by molar-refractivity contribution is 7.89. The second kappa shape index (κ2) is 8.48. The van der Waals surface area contributed by atoms with Gasteiger partial charge in [-0.05, 0) is 50.5 Å². The number of amides is 1. The summed E-state index contributed by atoms with van der Waals surface area (Å²) in [4.78, 5) is 12.4. The van der Waals surface area contributed by atoms with Crippen LogP contribution in [0.15, 0.2) is 24.3 Å². The number of rotatable bonds is 7. The molecule has 1 aliphatic heterocycles. The lowest BCUT2D eigenvalue weighted by atomic mass is 9.99. The number of nitrogens with zero attached hydrogens (tertiary/aromatic N) is 1. The van der Waals surface area contributed by atoms with Gasteiger partial charge in [-0.2, -0.15) is 0 Å². The topological polar surface area (TPSA) is 75.7 Å². The molecule has 2 rings (SSSR count). The van der Waals surface area contributed by atoms with Crippen LogP contribution in [0.5, 0.6) is 5.75 Å². The van der Waals surface area contributed by atoms with Crippen LogP contribution in [0.1, 0.15) is 33.1 Å². The van der Waals surface area contributed by atoms with E-state index in [1.165, 1.54) is 4.31 Å². The van der Waals surface area contributed by atoms with Crippen molar-refractivity contribution in [3.8, 4) is 5.75 Å². The molecule has 1 N–H and O–H groups in total. The summed E-state index contributed by atoms with van der Waals surface area (Å²) < 4.78 is 31.2. The van der Waals surface area contributed by atoms with Gasteiger partial charge in [0.1, 0.15) is 5.75 Å². The summed E-state index contributed by atoms with van der Waals surface area (Å²) in [5.41, 5.74) is 0.692. The van der Waals surface area contributed by atoms with Crippen LogP contribution >= 0.6 is 0 Å². The number of piperidine rings is 1. The Bertz CT molecular complexity index is 643. The number of anilines is 1. The number of benzene rings is 1. The Morgan fingerprint density at radius 3 is 2.62 bits per heavy atom. The lowest BCUT2D eigenvalue weighted by Gasteiger charge is -2.31. The van der Waals surface area contributed by atoms with E-state index >= 15 is 0 Å². The molecule has 1 fully saturated rings. The van der Waals surface area contributed by atoms with Gasteiger partial charge < -0.3 is 10.1 Å². The number of nitrogens with one attached hydrogen (secondary N) is 1. The largest absolute Gasteiger partial charge is 0.494 e. The molecule has 0 aromatic heterocycles. The predicted octanol–water partition coefficient (Wildman–Crippen LogP) is 2.48. The molecule has 0 spiro atoms. The van der Waals surface area contributed by atoms with E-state index in [-0.39, 0.29) is 24.1 Å². The molecule has 1 heterocycles. The Labute approximate surface area is 144 Å². The first-order valence-corrected chi connectivity index (χ1v) is 10.1. The first-order valence-electron chi connectivity index (χ1n) is 8.47. The molecule has 1 unspecified atom stereocenters. The molecule has 0 aliphatic carbocycles. The van der Waals surface area contributed by atoms with Crippen LogP contribution in [0, 0.1) is 5.92 Å². The Morgan fingerprint density at radius 1 is 1.29 bits per heavy atom. The molecule has 0 saturated carbocycles. The van der Waals surface area contributed by atoms with Gasteiger partial charge in [-0.15, -0.1) is 0 Å². The van der Waals surface area contributed by atoms with Gasteiger partial charge in [0.2, 0.25) is 15.9 Å². The highest BCUT2D eigenvalue weighted by atomic mass is 32.2. The third-order valence-corrected chi connectivity index (χ3v) is 6.09. The molecule has 24 heavy (non-hydrogen) atoms. The quantitative estimate of drug-likeness (QED) is 0.816. The van der Waals surface area contributed by atoms with Crippen LogP contribution < -0.4 is 10.1 Å². The first-order chi connectivity index (χ1) is 11.5. The smallest absolute Gasteiger partial charge is 0.228 e. The fraction of sp³-hybridized carbons (Fsp3) is 0.588. The molecular formula is C17H26N2O4S. The lowest BCUT2D eigenvalue weighted by molar-refractivity contribution is -0.120. The fourth-order valence-electron chi connectivity index (χ4n) is 2.84. The van der Waals surface area contributed by atoms with Gasteiger partial charge in [0.25, 0.3) is 0 Å². The summed E-state index contributed by atoms with van der Waals surface area (Å²) in [6.07, 6.45) is 2.01. The van der Waals surface area contributed by atoms with Crippen molar-refractivity contribution in [2.45, 2.75) is 33.1 Å². The van der Waals surface area contributed by atoms with Gasteiger partial charge in [-0.1, -0.05) is 6.92 Å². The molecule has 6 nitrogen and oxygen atoms in total. The molecule has 1 aromatic rings. The third-order valence-electron chi connectivity index (χ3n) is 4.04. The Hall–Kier alpha value is -1.60. The van der Waals surface area contributed by atoms with E-state index < -0.39 is 10.0 Å². The molecule has 1 saturated heterocycles.